The van der Waals surface area contributed by atoms with Gasteiger partial charge < -0.3 is 9.32 Å². The van der Waals surface area contributed by atoms with E-state index in [1.54, 1.807) is 0 Å². The highest BCUT2D eigenvalue weighted by Crippen LogP contribution is 2.15. The SMILES string of the molecule is CCN(Cc1ccccc1)C(=O)Cc1ccc2ncoc2c1. The number of amides is 1. The van der Waals surface area contributed by atoms with Gasteiger partial charge in [-0.25, -0.2) is 4.98 Å². The maximum absolute atomic E-state index is 12.5. The van der Waals surface area contributed by atoms with Crippen molar-refractivity contribution in [2.45, 2.75) is 19.9 Å². The van der Waals surface area contributed by atoms with E-state index in [1.165, 1.54) is 6.39 Å². The van der Waals surface area contributed by atoms with Gasteiger partial charge in [-0.1, -0.05) is 36.4 Å². The minimum atomic E-state index is 0.116. The fraction of sp³-hybridized carbons (Fsp3) is 0.222. The van der Waals surface area contributed by atoms with Crippen LogP contribution in [-0.4, -0.2) is 22.3 Å². The second-order valence-electron chi connectivity index (χ2n) is 5.22. The zero-order valence-electron chi connectivity index (χ0n) is 12.5. The molecule has 1 amide bonds. The van der Waals surface area contributed by atoms with E-state index in [0.717, 1.165) is 22.2 Å². The Bertz CT molecular complexity index is 765. The molecule has 0 bridgehead atoms. The number of aromatic nitrogens is 1. The van der Waals surface area contributed by atoms with Crippen molar-refractivity contribution in [2.75, 3.05) is 6.54 Å². The van der Waals surface area contributed by atoms with Gasteiger partial charge in [-0.3, -0.25) is 4.79 Å². The summed E-state index contributed by atoms with van der Waals surface area (Å²) < 4.78 is 5.29. The number of oxazole rings is 1. The van der Waals surface area contributed by atoms with Gasteiger partial charge in [-0.2, -0.15) is 0 Å². The summed E-state index contributed by atoms with van der Waals surface area (Å²) in [5, 5.41) is 0. The van der Waals surface area contributed by atoms with Gasteiger partial charge in [0.1, 0.15) is 5.52 Å². The van der Waals surface area contributed by atoms with Crippen LogP contribution in [0.25, 0.3) is 11.1 Å². The first-order chi connectivity index (χ1) is 10.8. The van der Waals surface area contributed by atoms with Crippen LogP contribution in [0.4, 0.5) is 0 Å². The minimum Gasteiger partial charge on any atom is -0.443 e. The van der Waals surface area contributed by atoms with Crippen molar-refractivity contribution in [2.24, 2.45) is 0 Å². The third-order valence-electron chi connectivity index (χ3n) is 3.70. The van der Waals surface area contributed by atoms with E-state index in [-0.39, 0.29) is 5.91 Å². The number of hydrogen-bond acceptors (Lipinski definition) is 3. The molecule has 0 radical (unpaired) electrons. The molecular weight excluding hydrogens is 276 g/mol. The van der Waals surface area contributed by atoms with Crippen LogP contribution in [0.1, 0.15) is 18.1 Å². The van der Waals surface area contributed by atoms with Gasteiger partial charge in [0.15, 0.2) is 12.0 Å². The van der Waals surface area contributed by atoms with Crippen molar-refractivity contribution >= 4 is 17.0 Å². The molecule has 22 heavy (non-hydrogen) atoms. The molecule has 112 valence electrons. The van der Waals surface area contributed by atoms with Crippen molar-refractivity contribution in [3.8, 4) is 0 Å². The van der Waals surface area contributed by atoms with Gasteiger partial charge in [-0.05, 0) is 30.2 Å². The van der Waals surface area contributed by atoms with E-state index in [4.69, 9.17) is 4.42 Å². The van der Waals surface area contributed by atoms with Crippen molar-refractivity contribution in [3.63, 3.8) is 0 Å². The lowest BCUT2D eigenvalue weighted by Crippen LogP contribution is -2.31. The third kappa shape index (κ3) is 3.17. The number of carbonyl (C=O) groups is 1. The monoisotopic (exact) mass is 294 g/mol. The van der Waals surface area contributed by atoms with Crippen LogP contribution in [0.5, 0.6) is 0 Å². The third-order valence-corrected chi connectivity index (χ3v) is 3.70. The van der Waals surface area contributed by atoms with Crippen LogP contribution >= 0.6 is 0 Å². The van der Waals surface area contributed by atoms with Crippen LogP contribution in [0.15, 0.2) is 59.3 Å². The maximum atomic E-state index is 12.5. The molecule has 2 aromatic carbocycles. The van der Waals surface area contributed by atoms with Gasteiger partial charge in [0.25, 0.3) is 0 Å². The summed E-state index contributed by atoms with van der Waals surface area (Å²) in [5.74, 6) is 0.116. The molecule has 0 aliphatic rings. The van der Waals surface area contributed by atoms with E-state index in [0.29, 0.717) is 19.5 Å². The number of hydrogen-bond donors (Lipinski definition) is 0. The molecule has 1 aromatic heterocycles. The highest BCUT2D eigenvalue weighted by Gasteiger charge is 2.13. The van der Waals surface area contributed by atoms with Crippen LogP contribution in [0.3, 0.4) is 0 Å². The first kappa shape index (κ1) is 14.3. The Morgan fingerprint density at radius 3 is 2.73 bits per heavy atom. The van der Waals surface area contributed by atoms with Crippen LogP contribution in [0, 0.1) is 0 Å². The maximum Gasteiger partial charge on any atom is 0.227 e. The first-order valence-electron chi connectivity index (χ1n) is 7.40. The van der Waals surface area contributed by atoms with Gasteiger partial charge in [-0.15, -0.1) is 0 Å². The van der Waals surface area contributed by atoms with Crippen LogP contribution < -0.4 is 0 Å². The van der Waals surface area contributed by atoms with Gasteiger partial charge >= 0.3 is 0 Å². The van der Waals surface area contributed by atoms with Crippen molar-refractivity contribution < 1.29 is 9.21 Å². The molecule has 4 nitrogen and oxygen atoms in total. The molecule has 0 aliphatic carbocycles. The Balaban J connectivity index is 1.71. The molecule has 0 spiro atoms. The molecule has 3 rings (SSSR count). The normalized spacial score (nSPS) is 10.8. The Morgan fingerprint density at radius 1 is 1.14 bits per heavy atom. The standard InChI is InChI=1S/C18H18N2O2/c1-2-20(12-14-6-4-3-5-7-14)18(21)11-15-8-9-16-17(10-15)22-13-19-16/h3-10,13H,2,11-12H2,1H3. The number of carbonyl (C=O) groups excluding carboxylic acids is 1. The number of fused-ring (bicyclic) bond motifs is 1. The van der Waals surface area contributed by atoms with Crippen molar-refractivity contribution in [1.29, 1.82) is 0 Å². The van der Waals surface area contributed by atoms with E-state index in [1.807, 2.05) is 60.4 Å². The summed E-state index contributed by atoms with van der Waals surface area (Å²) >= 11 is 0. The quantitative estimate of drug-likeness (QED) is 0.724. The lowest BCUT2D eigenvalue weighted by Gasteiger charge is -2.21. The second-order valence-corrected chi connectivity index (χ2v) is 5.22. The summed E-state index contributed by atoms with van der Waals surface area (Å²) in [6.45, 7) is 3.33. The molecule has 0 N–H and O–H groups in total. The smallest absolute Gasteiger partial charge is 0.227 e. The number of likely N-dealkylation sites (N-methyl/N-ethyl adjacent to an activating group) is 1. The predicted octanol–water partition coefficient (Wildman–Crippen LogP) is 3.42. The van der Waals surface area contributed by atoms with Crippen LogP contribution in [-0.2, 0) is 17.8 Å². The fourth-order valence-electron chi connectivity index (χ4n) is 2.48. The first-order valence-corrected chi connectivity index (χ1v) is 7.40. The fourth-order valence-corrected chi connectivity index (χ4v) is 2.48. The number of benzene rings is 2. The van der Waals surface area contributed by atoms with Crippen LogP contribution in [0.2, 0.25) is 0 Å². The second kappa shape index (κ2) is 6.43. The zero-order chi connectivity index (χ0) is 15.4. The van der Waals surface area contributed by atoms with E-state index >= 15 is 0 Å². The minimum absolute atomic E-state index is 0.116. The molecule has 0 fully saturated rings. The van der Waals surface area contributed by atoms with E-state index < -0.39 is 0 Å². The molecular formula is C18H18N2O2. The molecule has 1 heterocycles. The molecule has 0 unspecified atom stereocenters. The van der Waals surface area contributed by atoms with Gasteiger partial charge in [0, 0.05) is 13.1 Å². The van der Waals surface area contributed by atoms with E-state index in [9.17, 15) is 4.79 Å². The van der Waals surface area contributed by atoms with Gasteiger partial charge in [0.2, 0.25) is 5.91 Å². The lowest BCUT2D eigenvalue weighted by molar-refractivity contribution is -0.130. The van der Waals surface area contributed by atoms with Crippen molar-refractivity contribution in [1.82, 2.24) is 9.88 Å². The largest absolute Gasteiger partial charge is 0.443 e. The molecule has 0 saturated carbocycles. The Hall–Kier alpha value is -2.62. The summed E-state index contributed by atoms with van der Waals surface area (Å²) in [7, 11) is 0. The zero-order valence-corrected chi connectivity index (χ0v) is 12.5. The highest BCUT2D eigenvalue weighted by molar-refractivity contribution is 5.81. The molecule has 0 aliphatic heterocycles. The number of rotatable bonds is 5. The Labute approximate surface area is 129 Å². The Morgan fingerprint density at radius 2 is 1.95 bits per heavy atom. The average Bonchev–Trinajstić information content (AvgIpc) is 3.01. The summed E-state index contributed by atoms with van der Waals surface area (Å²) in [6, 6.07) is 15.7. The van der Waals surface area contributed by atoms with Crippen molar-refractivity contribution in [3.05, 3.63) is 66.1 Å². The van der Waals surface area contributed by atoms with Gasteiger partial charge in [0.05, 0.1) is 6.42 Å². The topological polar surface area (TPSA) is 46.3 Å². The molecule has 0 saturated heterocycles. The van der Waals surface area contributed by atoms with E-state index in [2.05, 4.69) is 4.98 Å². The summed E-state index contributed by atoms with van der Waals surface area (Å²) in [4.78, 5) is 18.4. The summed E-state index contributed by atoms with van der Waals surface area (Å²) in [6.07, 6.45) is 1.79. The average molecular weight is 294 g/mol. The number of nitrogens with zero attached hydrogens (tertiary/aromatic N) is 2. The Kier molecular flexibility index (Phi) is 4.19. The molecule has 0 atom stereocenters. The lowest BCUT2D eigenvalue weighted by atomic mass is 10.1. The summed E-state index contributed by atoms with van der Waals surface area (Å²) in [5.41, 5.74) is 3.62. The predicted molar refractivity (Wildman–Crippen MR) is 85.2 cm³/mol. The molecule has 3 aromatic rings. The molecule has 4 heteroatoms. The highest BCUT2D eigenvalue weighted by atomic mass is 16.3.